The molecule has 2 rings (SSSR count). The first-order valence-corrected chi connectivity index (χ1v) is 13.7. The lowest BCUT2D eigenvalue weighted by atomic mass is 10.0. The zero-order chi connectivity index (χ0) is 26.3. The van der Waals surface area contributed by atoms with Gasteiger partial charge in [0, 0.05) is 43.9 Å². The number of amidine groups is 1. The molecule has 0 saturated carbocycles. The van der Waals surface area contributed by atoms with E-state index in [9.17, 15) is 22.0 Å². The van der Waals surface area contributed by atoms with Crippen LogP contribution in [-0.4, -0.2) is 44.3 Å². The van der Waals surface area contributed by atoms with E-state index in [0.717, 1.165) is 49.7 Å². The van der Waals surface area contributed by atoms with Crippen LogP contribution in [0.2, 0.25) is 0 Å². The summed E-state index contributed by atoms with van der Waals surface area (Å²) in [6.07, 6.45) is 3.40. The third-order valence-corrected chi connectivity index (χ3v) is 6.62. The van der Waals surface area contributed by atoms with Crippen molar-refractivity contribution in [3.63, 3.8) is 0 Å². The Morgan fingerprint density at radius 2 is 1.66 bits per heavy atom. The minimum absolute atomic E-state index is 0.0634. The molecule has 9 heteroatoms. The summed E-state index contributed by atoms with van der Waals surface area (Å²) >= 11 is 0. The number of carbonyl (C=O) groups is 1. The third kappa shape index (κ3) is 7.34. The summed E-state index contributed by atoms with van der Waals surface area (Å²) in [5, 5.41) is 2.85. The number of aliphatic imine (C=N–C) groups is 1. The van der Waals surface area contributed by atoms with Gasteiger partial charge in [0.1, 0.15) is 22.4 Å². The van der Waals surface area contributed by atoms with E-state index < -0.39 is 26.4 Å². The van der Waals surface area contributed by atoms with E-state index in [2.05, 4.69) is 24.1 Å². The molecule has 0 saturated heterocycles. The van der Waals surface area contributed by atoms with Crippen molar-refractivity contribution in [3.8, 4) is 0 Å². The van der Waals surface area contributed by atoms with Gasteiger partial charge in [-0.05, 0) is 49.9 Å². The van der Waals surface area contributed by atoms with Crippen LogP contribution < -0.4 is 5.32 Å². The minimum Gasteiger partial charge on any atom is -0.378 e. The molecule has 0 amide bonds. The molecule has 0 heterocycles. The van der Waals surface area contributed by atoms with Crippen molar-refractivity contribution < 1.29 is 22.0 Å². The molecule has 0 aliphatic carbocycles. The molecule has 0 aromatic heterocycles. The van der Waals surface area contributed by atoms with E-state index in [1.54, 1.807) is 6.07 Å². The molecule has 2 aromatic rings. The van der Waals surface area contributed by atoms with Crippen LogP contribution in [0, 0.1) is 18.6 Å². The maximum atomic E-state index is 14.6. The summed E-state index contributed by atoms with van der Waals surface area (Å²) in [5.74, 6) is -1.21. The molecule has 192 valence electrons. The number of nitrogens with zero attached hydrogens (tertiary/aromatic N) is 2. The van der Waals surface area contributed by atoms with Crippen molar-refractivity contribution in [3.05, 3.63) is 52.6 Å². The van der Waals surface area contributed by atoms with E-state index in [1.165, 1.54) is 6.92 Å². The molecule has 0 atom stereocenters. The summed E-state index contributed by atoms with van der Waals surface area (Å²) in [6.45, 7) is 11.3. The van der Waals surface area contributed by atoms with Gasteiger partial charge in [-0.2, -0.15) is 0 Å². The van der Waals surface area contributed by atoms with E-state index in [1.807, 2.05) is 19.9 Å². The largest absolute Gasteiger partial charge is 0.378 e. The van der Waals surface area contributed by atoms with Crippen molar-refractivity contribution in [2.75, 3.05) is 24.7 Å². The standard InChI is InChI=1S/C26H35F2N3O3S/c1-7-10-31(11-8-2)25(9-3)30-26-19(12-17(4)13-20(26)18(5)32)16-29-23-14-22(28)24(15-21(23)27)35(6,33)34/h12-15,29H,7-11,16H2,1-6H3. The maximum Gasteiger partial charge on any atom is 0.178 e. The van der Waals surface area contributed by atoms with Gasteiger partial charge in [0.25, 0.3) is 0 Å². The molecule has 2 aromatic carbocycles. The Bertz CT molecular complexity index is 1200. The minimum atomic E-state index is -3.90. The molecular formula is C26H35F2N3O3S. The number of anilines is 1. The Labute approximate surface area is 207 Å². The third-order valence-electron chi connectivity index (χ3n) is 5.51. The lowest BCUT2D eigenvalue weighted by molar-refractivity contribution is 0.101. The van der Waals surface area contributed by atoms with E-state index in [0.29, 0.717) is 29.3 Å². The molecule has 0 aliphatic heterocycles. The van der Waals surface area contributed by atoms with Gasteiger partial charge in [-0.1, -0.05) is 26.8 Å². The summed E-state index contributed by atoms with van der Waals surface area (Å²) in [5.41, 5.74) is 2.27. The maximum absolute atomic E-state index is 14.6. The number of carbonyl (C=O) groups excluding carboxylic acids is 1. The van der Waals surface area contributed by atoms with Crippen LogP contribution in [0.4, 0.5) is 20.2 Å². The molecule has 6 nitrogen and oxygen atoms in total. The topological polar surface area (TPSA) is 78.8 Å². The highest BCUT2D eigenvalue weighted by Crippen LogP contribution is 2.30. The summed E-state index contributed by atoms with van der Waals surface area (Å²) in [6, 6.07) is 5.14. The van der Waals surface area contributed by atoms with Crippen molar-refractivity contribution in [2.24, 2.45) is 4.99 Å². The first-order chi connectivity index (χ1) is 16.4. The van der Waals surface area contributed by atoms with Gasteiger partial charge in [0.15, 0.2) is 15.6 Å². The number of ketones is 1. The Balaban J connectivity index is 2.56. The molecule has 0 radical (unpaired) electrons. The van der Waals surface area contributed by atoms with E-state index in [-0.39, 0.29) is 18.0 Å². The van der Waals surface area contributed by atoms with Crippen molar-refractivity contribution in [2.45, 2.75) is 65.3 Å². The monoisotopic (exact) mass is 507 g/mol. The second kappa shape index (κ2) is 12.2. The smallest absolute Gasteiger partial charge is 0.178 e. The first kappa shape index (κ1) is 28.4. The van der Waals surface area contributed by atoms with Crippen LogP contribution in [0.5, 0.6) is 0 Å². The van der Waals surface area contributed by atoms with Crippen LogP contribution in [0.15, 0.2) is 34.2 Å². The first-order valence-electron chi connectivity index (χ1n) is 11.8. The molecule has 35 heavy (non-hydrogen) atoms. The second-order valence-electron chi connectivity index (χ2n) is 8.63. The number of rotatable bonds is 11. The molecule has 0 aliphatic rings. The van der Waals surface area contributed by atoms with Gasteiger partial charge < -0.3 is 10.2 Å². The normalized spacial score (nSPS) is 12.1. The lowest BCUT2D eigenvalue weighted by Gasteiger charge is -2.25. The molecule has 0 fully saturated rings. The predicted molar refractivity (Wildman–Crippen MR) is 138 cm³/mol. The number of nitrogens with one attached hydrogen (secondary N) is 1. The number of Topliss-reactive ketones (excluding diaryl/α,β-unsaturated/α-hetero) is 1. The molecule has 1 N–H and O–H groups in total. The Hall–Kier alpha value is -2.81. The SMILES string of the molecule is CCCN(CCC)C(CC)=Nc1c(CNc2cc(F)c(S(C)(=O)=O)cc2F)cc(C)cc1C(C)=O. The molecule has 0 bridgehead atoms. The highest BCUT2D eigenvalue weighted by atomic mass is 32.2. The highest BCUT2D eigenvalue weighted by Gasteiger charge is 2.19. The number of aryl methyl sites for hydroxylation is 1. The van der Waals surface area contributed by atoms with E-state index >= 15 is 0 Å². The fourth-order valence-electron chi connectivity index (χ4n) is 3.94. The fraction of sp³-hybridized carbons (Fsp3) is 0.462. The molecule has 0 unspecified atom stereocenters. The van der Waals surface area contributed by atoms with Crippen LogP contribution >= 0.6 is 0 Å². The predicted octanol–water partition coefficient (Wildman–Crippen LogP) is 6.05. The second-order valence-corrected chi connectivity index (χ2v) is 10.6. The summed E-state index contributed by atoms with van der Waals surface area (Å²) in [7, 11) is -3.90. The van der Waals surface area contributed by atoms with Crippen LogP contribution in [0.1, 0.15) is 68.4 Å². The van der Waals surface area contributed by atoms with Gasteiger partial charge in [0.2, 0.25) is 0 Å². The van der Waals surface area contributed by atoms with Crippen LogP contribution in [0.3, 0.4) is 0 Å². The van der Waals surface area contributed by atoms with Crippen LogP contribution in [0.25, 0.3) is 0 Å². The zero-order valence-electron chi connectivity index (χ0n) is 21.3. The number of halogens is 2. The van der Waals surface area contributed by atoms with Gasteiger partial charge in [-0.3, -0.25) is 4.79 Å². The zero-order valence-corrected chi connectivity index (χ0v) is 22.2. The molecular weight excluding hydrogens is 472 g/mol. The number of hydrogen-bond donors (Lipinski definition) is 1. The number of sulfone groups is 1. The van der Waals surface area contributed by atoms with E-state index in [4.69, 9.17) is 4.99 Å². The van der Waals surface area contributed by atoms with Gasteiger partial charge in [-0.15, -0.1) is 0 Å². The summed E-state index contributed by atoms with van der Waals surface area (Å²) < 4.78 is 52.3. The quantitative estimate of drug-likeness (QED) is 0.227. The fourth-order valence-corrected chi connectivity index (χ4v) is 4.67. The van der Waals surface area contributed by atoms with Crippen molar-refractivity contribution in [1.29, 1.82) is 0 Å². The van der Waals surface area contributed by atoms with Gasteiger partial charge in [-0.25, -0.2) is 22.2 Å². The number of hydrogen-bond acceptors (Lipinski definition) is 5. The Morgan fingerprint density at radius 1 is 1.03 bits per heavy atom. The van der Waals surface area contributed by atoms with Gasteiger partial charge >= 0.3 is 0 Å². The average molecular weight is 508 g/mol. The van der Waals surface area contributed by atoms with Crippen molar-refractivity contribution in [1.82, 2.24) is 4.90 Å². The molecule has 0 spiro atoms. The van der Waals surface area contributed by atoms with Gasteiger partial charge in [0.05, 0.1) is 11.4 Å². The van der Waals surface area contributed by atoms with Crippen molar-refractivity contribution >= 4 is 32.8 Å². The van der Waals surface area contributed by atoms with Crippen LogP contribution in [-0.2, 0) is 16.4 Å². The summed E-state index contributed by atoms with van der Waals surface area (Å²) in [4.78, 5) is 18.9. The lowest BCUT2D eigenvalue weighted by Crippen LogP contribution is -2.32. The highest BCUT2D eigenvalue weighted by molar-refractivity contribution is 7.90. The number of benzene rings is 2. The average Bonchev–Trinajstić information content (AvgIpc) is 2.77. The Kier molecular flexibility index (Phi) is 9.94. The Morgan fingerprint density at radius 3 is 2.17 bits per heavy atom.